The maximum absolute atomic E-state index is 10.3. The van der Waals surface area contributed by atoms with E-state index >= 15 is 0 Å². The van der Waals surface area contributed by atoms with Crippen molar-refractivity contribution in [2.24, 2.45) is 5.92 Å². The highest BCUT2D eigenvalue weighted by Gasteiger charge is 2.31. The van der Waals surface area contributed by atoms with E-state index in [9.17, 15) is 5.11 Å². The first-order valence-electron chi connectivity index (χ1n) is 7.57. The van der Waals surface area contributed by atoms with Gasteiger partial charge >= 0.3 is 0 Å². The Bertz CT molecular complexity index is 608. The fourth-order valence-electron chi connectivity index (χ4n) is 3.19. The van der Waals surface area contributed by atoms with Crippen molar-refractivity contribution in [1.29, 1.82) is 0 Å². The van der Waals surface area contributed by atoms with Crippen LogP contribution in [0.1, 0.15) is 22.5 Å². The monoisotopic (exact) mass is 285 g/mol. The predicted octanol–water partition coefficient (Wildman–Crippen LogP) is 2.06. The number of rotatable bonds is 4. The molecular weight excluding hydrogens is 262 g/mol. The zero-order chi connectivity index (χ0) is 14.8. The van der Waals surface area contributed by atoms with Gasteiger partial charge in [-0.3, -0.25) is 10.00 Å². The van der Waals surface area contributed by atoms with Crippen molar-refractivity contribution in [1.82, 2.24) is 15.1 Å². The first-order chi connectivity index (χ1) is 10.1. The molecule has 1 aliphatic heterocycles. The third-order valence-electron chi connectivity index (χ3n) is 4.20. The zero-order valence-corrected chi connectivity index (χ0v) is 12.7. The lowest BCUT2D eigenvalue weighted by molar-refractivity contribution is 0.140. The molecule has 0 radical (unpaired) electrons. The molecule has 1 aromatic heterocycles. The molecule has 1 aromatic carbocycles. The van der Waals surface area contributed by atoms with Gasteiger partial charge in [-0.2, -0.15) is 5.10 Å². The van der Waals surface area contributed by atoms with Crippen LogP contribution >= 0.6 is 0 Å². The zero-order valence-electron chi connectivity index (χ0n) is 12.7. The summed E-state index contributed by atoms with van der Waals surface area (Å²) in [6, 6.07) is 10.7. The SMILES string of the molecule is Cc1cccc(CN2C[C@@H](Cc3cc(C)[nH]n3)[C@@H](O)C2)c1. The minimum atomic E-state index is -0.258. The van der Waals surface area contributed by atoms with E-state index in [-0.39, 0.29) is 12.0 Å². The molecule has 0 bridgehead atoms. The van der Waals surface area contributed by atoms with E-state index in [2.05, 4.69) is 52.4 Å². The van der Waals surface area contributed by atoms with E-state index < -0.39 is 0 Å². The van der Waals surface area contributed by atoms with Gasteiger partial charge in [-0.05, 0) is 31.9 Å². The molecule has 1 fully saturated rings. The molecule has 112 valence electrons. The molecule has 0 unspecified atom stereocenters. The fourth-order valence-corrected chi connectivity index (χ4v) is 3.19. The van der Waals surface area contributed by atoms with Gasteiger partial charge in [0.25, 0.3) is 0 Å². The summed E-state index contributed by atoms with van der Waals surface area (Å²) in [5.41, 5.74) is 4.73. The predicted molar refractivity (Wildman–Crippen MR) is 83.0 cm³/mol. The highest BCUT2D eigenvalue weighted by Crippen LogP contribution is 2.23. The molecule has 0 aliphatic carbocycles. The molecule has 2 N–H and O–H groups in total. The summed E-state index contributed by atoms with van der Waals surface area (Å²) >= 11 is 0. The molecule has 4 heteroatoms. The number of β-amino-alcohol motifs (C(OH)–C–C–N with tert-alkyl or cyclic N) is 1. The van der Waals surface area contributed by atoms with Crippen molar-refractivity contribution >= 4 is 0 Å². The smallest absolute Gasteiger partial charge is 0.0711 e. The Morgan fingerprint density at radius 2 is 2.14 bits per heavy atom. The minimum Gasteiger partial charge on any atom is -0.391 e. The lowest BCUT2D eigenvalue weighted by Crippen LogP contribution is -2.21. The number of benzene rings is 1. The number of aliphatic hydroxyl groups is 1. The molecular formula is C17H23N3O. The second-order valence-corrected chi connectivity index (χ2v) is 6.26. The maximum atomic E-state index is 10.3. The number of aliphatic hydroxyl groups excluding tert-OH is 1. The number of aromatic amines is 1. The van der Waals surface area contributed by atoms with Gasteiger partial charge in [-0.15, -0.1) is 0 Å². The Labute approximate surface area is 125 Å². The number of nitrogens with zero attached hydrogens (tertiary/aromatic N) is 2. The standard InChI is InChI=1S/C17H23N3O/c1-12-4-3-5-14(6-12)9-20-10-15(17(21)11-20)8-16-7-13(2)18-19-16/h3-7,15,17,21H,8-11H2,1-2H3,(H,18,19)/t15-,17+/m1/s1. The third-order valence-corrected chi connectivity index (χ3v) is 4.20. The van der Waals surface area contributed by atoms with Crippen molar-refractivity contribution < 1.29 is 5.11 Å². The van der Waals surface area contributed by atoms with E-state index in [4.69, 9.17) is 0 Å². The van der Waals surface area contributed by atoms with Crippen molar-refractivity contribution in [2.45, 2.75) is 32.9 Å². The van der Waals surface area contributed by atoms with E-state index in [0.717, 1.165) is 37.4 Å². The minimum absolute atomic E-state index is 0.258. The number of aryl methyl sites for hydroxylation is 2. The summed E-state index contributed by atoms with van der Waals surface area (Å²) in [5.74, 6) is 0.275. The summed E-state index contributed by atoms with van der Waals surface area (Å²) in [4.78, 5) is 2.34. The van der Waals surface area contributed by atoms with Gasteiger partial charge < -0.3 is 5.11 Å². The Kier molecular flexibility index (Phi) is 4.08. The highest BCUT2D eigenvalue weighted by molar-refractivity contribution is 5.22. The topological polar surface area (TPSA) is 52.2 Å². The van der Waals surface area contributed by atoms with Crippen LogP contribution in [0.15, 0.2) is 30.3 Å². The number of likely N-dealkylation sites (tertiary alicyclic amines) is 1. The third kappa shape index (κ3) is 3.52. The maximum Gasteiger partial charge on any atom is 0.0711 e. The molecule has 0 spiro atoms. The summed E-state index contributed by atoms with van der Waals surface area (Å²) in [6.45, 7) is 6.72. The van der Waals surface area contributed by atoms with Gasteiger partial charge in [0.1, 0.15) is 0 Å². The van der Waals surface area contributed by atoms with E-state index in [0.29, 0.717) is 0 Å². The Hall–Kier alpha value is -1.65. The fraction of sp³-hybridized carbons (Fsp3) is 0.471. The molecule has 1 aliphatic rings. The molecule has 4 nitrogen and oxygen atoms in total. The van der Waals surface area contributed by atoms with Gasteiger partial charge in [0, 0.05) is 31.2 Å². The highest BCUT2D eigenvalue weighted by atomic mass is 16.3. The van der Waals surface area contributed by atoms with Crippen molar-refractivity contribution in [2.75, 3.05) is 13.1 Å². The quantitative estimate of drug-likeness (QED) is 0.904. The van der Waals surface area contributed by atoms with Crippen LogP contribution in [0, 0.1) is 19.8 Å². The lowest BCUT2D eigenvalue weighted by atomic mass is 10.0. The van der Waals surface area contributed by atoms with Crippen LogP contribution in [0.25, 0.3) is 0 Å². The molecule has 0 saturated carbocycles. The second-order valence-electron chi connectivity index (χ2n) is 6.26. The van der Waals surface area contributed by atoms with Crippen molar-refractivity contribution in [3.63, 3.8) is 0 Å². The van der Waals surface area contributed by atoms with Crippen LogP contribution in [0.2, 0.25) is 0 Å². The van der Waals surface area contributed by atoms with E-state index in [1.54, 1.807) is 0 Å². The number of nitrogens with one attached hydrogen (secondary N) is 1. The van der Waals surface area contributed by atoms with Crippen LogP contribution in [0.3, 0.4) is 0 Å². The molecule has 21 heavy (non-hydrogen) atoms. The number of H-pyrrole nitrogens is 1. The average molecular weight is 285 g/mol. The molecule has 2 aromatic rings. The first-order valence-corrected chi connectivity index (χ1v) is 7.57. The van der Waals surface area contributed by atoms with Gasteiger partial charge in [0.2, 0.25) is 0 Å². The molecule has 2 atom stereocenters. The lowest BCUT2D eigenvalue weighted by Gasteiger charge is -2.15. The Morgan fingerprint density at radius 1 is 1.29 bits per heavy atom. The van der Waals surface area contributed by atoms with Gasteiger partial charge in [-0.1, -0.05) is 29.8 Å². The van der Waals surface area contributed by atoms with Crippen LogP contribution in [0.4, 0.5) is 0 Å². The first kappa shape index (κ1) is 14.3. The number of hydrogen-bond acceptors (Lipinski definition) is 3. The van der Waals surface area contributed by atoms with E-state index in [1.165, 1.54) is 11.1 Å². The van der Waals surface area contributed by atoms with Crippen LogP contribution in [-0.4, -0.2) is 39.4 Å². The largest absolute Gasteiger partial charge is 0.391 e. The molecule has 2 heterocycles. The summed E-state index contributed by atoms with van der Waals surface area (Å²) < 4.78 is 0. The van der Waals surface area contributed by atoms with Crippen LogP contribution in [0.5, 0.6) is 0 Å². The molecule has 0 amide bonds. The number of hydrogen-bond donors (Lipinski definition) is 2. The average Bonchev–Trinajstić information content (AvgIpc) is 2.97. The van der Waals surface area contributed by atoms with Gasteiger partial charge in [-0.25, -0.2) is 0 Å². The van der Waals surface area contributed by atoms with Crippen molar-refractivity contribution in [3.05, 3.63) is 52.8 Å². The summed E-state index contributed by atoms with van der Waals surface area (Å²) in [5, 5.41) is 17.5. The van der Waals surface area contributed by atoms with Crippen molar-refractivity contribution in [3.8, 4) is 0 Å². The van der Waals surface area contributed by atoms with Crippen LogP contribution < -0.4 is 0 Å². The number of aromatic nitrogens is 2. The van der Waals surface area contributed by atoms with Crippen LogP contribution in [-0.2, 0) is 13.0 Å². The second kappa shape index (κ2) is 6.00. The molecule has 3 rings (SSSR count). The Balaban J connectivity index is 1.60. The summed E-state index contributed by atoms with van der Waals surface area (Å²) in [6.07, 6.45) is 0.586. The normalized spacial score (nSPS) is 22.8. The Morgan fingerprint density at radius 3 is 2.86 bits per heavy atom. The van der Waals surface area contributed by atoms with E-state index in [1.807, 2.05) is 6.92 Å². The van der Waals surface area contributed by atoms with Gasteiger partial charge in [0.05, 0.1) is 11.8 Å². The molecule has 1 saturated heterocycles. The summed E-state index contributed by atoms with van der Waals surface area (Å²) in [7, 11) is 0. The van der Waals surface area contributed by atoms with Gasteiger partial charge in [0.15, 0.2) is 0 Å².